The number of nitrogens with one attached hydrogen (secondary N) is 1. The van der Waals surface area contributed by atoms with Gasteiger partial charge in [0.2, 0.25) is 11.8 Å². The van der Waals surface area contributed by atoms with Crippen LogP contribution < -0.4 is 5.69 Å². The number of tetrazole rings is 1. The number of aryl methyl sites for hydroxylation is 1. The van der Waals surface area contributed by atoms with Crippen molar-refractivity contribution in [3.63, 3.8) is 0 Å². The minimum absolute atomic E-state index is 0.148. The molecule has 1 N–H and O–H groups in total. The Bertz CT molecular complexity index is 1490. The Labute approximate surface area is 207 Å². The molecule has 0 spiro atoms. The van der Waals surface area contributed by atoms with Crippen LogP contribution in [0.4, 0.5) is 0 Å². The highest BCUT2D eigenvalue weighted by Gasteiger charge is 2.18. The van der Waals surface area contributed by atoms with E-state index in [-0.39, 0.29) is 5.69 Å². The molecule has 0 saturated heterocycles. The van der Waals surface area contributed by atoms with Gasteiger partial charge in [0, 0.05) is 35.8 Å². The topological polar surface area (TPSA) is 125 Å². The average Bonchev–Trinajstić information content (AvgIpc) is 3.63. The van der Waals surface area contributed by atoms with Crippen LogP contribution in [0.15, 0.2) is 59.9 Å². The Morgan fingerprint density at radius 1 is 1.06 bits per heavy atom. The molecule has 0 amide bonds. The molecule has 4 aromatic heterocycles. The molecule has 0 bridgehead atoms. The van der Waals surface area contributed by atoms with E-state index in [4.69, 9.17) is 0 Å². The predicted molar refractivity (Wildman–Crippen MR) is 134 cm³/mol. The molecule has 0 fully saturated rings. The van der Waals surface area contributed by atoms with E-state index in [1.54, 1.807) is 13.8 Å². The van der Waals surface area contributed by atoms with E-state index in [9.17, 15) is 4.79 Å². The lowest BCUT2D eigenvalue weighted by Gasteiger charge is -2.09. The monoisotopic (exact) mass is 484 g/mol. The predicted octanol–water partition coefficient (Wildman–Crippen LogP) is 3.13. The van der Waals surface area contributed by atoms with Gasteiger partial charge in [0.15, 0.2) is 0 Å². The van der Waals surface area contributed by atoms with Crippen molar-refractivity contribution in [1.82, 2.24) is 49.5 Å². The molecule has 4 heterocycles. The van der Waals surface area contributed by atoms with Crippen LogP contribution in [0.5, 0.6) is 0 Å². The van der Waals surface area contributed by atoms with Crippen molar-refractivity contribution in [1.29, 1.82) is 0 Å². The summed E-state index contributed by atoms with van der Waals surface area (Å²) in [7, 11) is 0. The number of aromatic nitrogens is 10. The summed E-state index contributed by atoms with van der Waals surface area (Å²) in [5.74, 6) is 1.44. The van der Waals surface area contributed by atoms with E-state index in [0.717, 1.165) is 40.9 Å². The number of benzene rings is 1. The van der Waals surface area contributed by atoms with Crippen LogP contribution in [0.1, 0.15) is 38.6 Å². The number of hydrogen-bond donors (Lipinski definition) is 1. The largest absolute Gasteiger partial charge is 0.335 e. The maximum Gasteiger partial charge on any atom is 0.335 e. The van der Waals surface area contributed by atoms with Crippen molar-refractivity contribution in [3.8, 4) is 28.5 Å². The molecule has 0 saturated carbocycles. The number of rotatable bonds is 9. The van der Waals surface area contributed by atoms with Gasteiger partial charge in [-0.25, -0.2) is 14.0 Å². The summed E-state index contributed by atoms with van der Waals surface area (Å²) >= 11 is 0. The molecule has 5 aromatic rings. The SMILES string of the molecule is CCCc1cn(-c2ncnn2CC(C)C)c(=O)n1Cc1ccc(-c2ccccc2-c2nn[nH]n2)cn1. The van der Waals surface area contributed by atoms with Crippen LogP contribution in [0.2, 0.25) is 0 Å². The number of hydrogen-bond acceptors (Lipinski definition) is 7. The number of nitrogens with zero attached hydrogens (tertiary/aromatic N) is 9. The molecule has 36 heavy (non-hydrogen) atoms. The van der Waals surface area contributed by atoms with Crippen molar-refractivity contribution in [2.24, 2.45) is 5.92 Å². The minimum atomic E-state index is -0.148. The molecule has 0 aliphatic rings. The highest BCUT2D eigenvalue weighted by atomic mass is 16.2. The highest BCUT2D eigenvalue weighted by Crippen LogP contribution is 2.29. The van der Waals surface area contributed by atoms with Crippen LogP contribution >= 0.6 is 0 Å². The van der Waals surface area contributed by atoms with Crippen molar-refractivity contribution >= 4 is 0 Å². The molecule has 0 atom stereocenters. The van der Waals surface area contributed by atoms with E-state index < -0.39 is 0 Å². The summed E-state index contributed by atoms with van der Waals surface area (Å²) in [4.78, 5) is 22.5. The van der Waals surface area contributed by atoms with E-state index >= 15 is 0 Å². The van der Waals surface area contributed by atoms with Crippen LogP contribution in [-0.4, -0.2) is 49.5 Å². The smallest absolute Gasteiger partial charge is 0.290 e. The minimum Gasteiger partial charge on any atom is -0.290 e. The molecule has 184 valence electrons. The van der Waals surface area contributed by atoms with E-state index in [0.29, 0.717) is 30.8 Å². The number of pyridine rings is 1. The second-order valence-electron chi connectivity index (χ2n) is 9.06. The molecule has 0 radical (unpaired) electrons. The van der Waals surface area contributed by atoms with Crippen LogP contribution in [0, 0.1) is 5.92 Å². The number of imidazole rings is 1. The third-order valence-corrected chi connectivity index (χ3v) is 5.89. The molecule has 11 nitrogen and oxygen atoms in total. The van der Waals surface area contributed by atoms with E-state index in [1.807, 2.05) is 48.8 Å². The maximum atomic E-state index is 13.5. The first-order valence-electron chi connectivity index (χ1n) is 12.0. The zero-order chi connectivity index (χ0) is 25.1. The summed E-state index contributed by atoms with van der Waals surface area (Å²) < 4.78 is 5.14. The van der Waals surface area contributed by atoms with Gasteiger partial charge in [-0.1, -0.05) is 57.5 Å². The average molecular weight is 485 g/mol. The summed E-state index contributed by atoms with van der Waals surface area (Å²) in [6, 6.07) is 11.8. The first-order valence-corrected chi connectivity index (χ1v) is 12.0. The van der Waals surface area contributed by atoms with Crippen molar-refractivity contribution in [3.05, 3.63) is 77.0 Å². The Balaban J connectivity index is 1.46. The Kier molecular flexibility index (Phi) is 6.52. The fourth-order valence-corrected chi connectivity index (χ4v) is 4.26. The third kappa shape index (κ3) is 4.59. The maximum absolute atomic E-state index is 13.5. The van der Waals surface area contributed by atoms with E-state index in [2.05, 4.69) is 56.5 Å². The normalized spacial score (nSPS) is 11.4. The molecule has 11 heteroatoms. The number of H-pyrrole nitrogens is 1. The molecule has 5 rings (SSSR count). The zero-order valence-electron chi connectivity index (χ0n) is 20.5. The fraction of sp³-hybridized carbons (Fsp3) is 0.320. The van der Waals surface area contributed by atoms with Gasteiger partial charge < -0.3 is 0 Å². The first kappa shape index (κ1) is 23.3. The van der Waals surface area contributed by atoms with Crippen molar-refractivity contribution < 1.29 is 0 Å². The van der Waals surface area contributed by atoms with Gasteiger partial charge >= 0.3 is 5.69 Å². The summed E-state index contributed by atoms with van der Waals surface area (Å²) in [6.45, 7) is 7.37. The second-order valence-corrected chi connectivity index (χ2v) is 9.06. The van der Waals surface area contributed by atoms with Crippen LogP contribution in [0.3, 0.4) is 0 Å². The van der Waals surface area contributed by atoms with Gasteiger partial charge in [-0.3, -0.25) is 9.55 Å². The second kappa shape index (κ2) is 10.1. The van der Waals surface area contributed by atoms with Gasteiger partial charge in [0.1, 0.15) is 6.33 Å². The Morgan fingerprint density at radius 3 is 2.58 bits per heavy atom. The molecular weight excluding hydrogens is 456 g/mol. The lowest BCUT2D eigenvalue weighted by Crippen LogP contribution is -2.27. The molecule has 0 unspecified atom stereocenters. The highest BCUT2D eigenvalue weighted by molar-refractivity contribution is 5.79. The van der Waals surface area contributed by atoms with Gasteiger partial charge in [-0.15, -0.1) is 10.2 Å². The Morgan fingerprint density at radius 2 is 1.89 bits per heavy atom. The molecule has 0 aliphatic carbocycles. The quantitative estimate of drug-likeness (QED) is 0.341. The summed E-state index contributed by atoms with van der Waals surface area (Å²) in [6.07, 6.45) is 6.88. The van der Waals surface area contributed by atoms with Gasteiger partial charge in [0.25, 0.3) is 0 Å². The van der Waals surface area contributed by atoms with Gasteiger partial charge in [0.05, 0.1) is 12.2 Å². The Hall–Kier alpha value is -4.41. The van der Waals surface area contributed by atoms with Crippen LogP contribution in [-0.2, 0) is 19.5 Å². The molecule has 0 aliphatic heterocycles. The van der Waals surface area contributed by atoms with Crippen molar-refractivity contribution in [2.75, 3.05) is 0 Å². The lowest BCUT2D eigenvalue weighted by molar-refractivity contribution is 0.473. The number of aromatic amines is 1. The van der Waals surface area contributed by atoms with Crippen molar-refractivity contribution in [2.45, 2.75) is 46.7 Å². The summed E-state index contributed by atoms with van der Waals surface area (Å²) in [5.41, 5.74) is 4.33. The van der Waals surface area contributed by atoms with Gasteiger partial charge in [-0.2, -0.15) is 15.3 Å². The van der Waals surface area contributed by atoms with Crippen LogP contribution in [0.25, 0.3) is 28.5 Å². The van der Waals surface area contributed by atoms with Gasteiger partial charge in [-0.05, 0) is 29.2 Å². The lowest BCUT2D eigenvalue weighted by atomic mass is 10.0. The first-order chi connectivity index (χ1) is 17.5. The molecular formula is C25H28N10O. The fourth-order valence-electron chi connectivity index (χ4n) is 4.26. The zero-order valence-corrected chi connectivity index (χ0v) is 20.5. The third-order valence-electron chi connectivity index (χ3n) is 5.89. The molecule has 1 aromatic carbocycles. The summed E-state index contributed by atoms with van der Waals surface area (Å²) in [5, 5.41) is 18.7. The van der Waals surface area contributed by atoms with E-state index in [1.165, 1.54) is 6.33 Å². The standard InChI is InChI=1S/C25H28N10O/c1-4-7-20-15-34(24-27-16-28-35(24)13-17(2)3)25(36)33(20)14-19-11-10-18(12-26-19)21-8-5-6-9-22(21)23-29-31-32-30-23/h5-6,8-12,15-17H,4,7,13-14H2,1-3H3,(H,29,30,31,32).